The van der Waals surface area contributed by atoms with Crippen molar-refractivity contribution in [1.82, 2.24) is 4.90 Å². The summed E-state index contributed by atoms with van der Waals surface area (Å²) in [5.41, 5.74) is -0.234. The van der Waals surface area contributed by atoms with Gasteiger partial charge in [-0.3, -0.25) is 14.9 Å². The molecular weight excluding hydrogens is 328 g/mol. The van der Waals surface area contributed by atoms with Crippen molar-refractivity contribution in [3.05, 3.63) is 34.4 Å². The Morgan fingerprint density at radius 1 is 1.20 bits per heavy atom. The number of rotatable bonds is 6. The Balaban J connectivity index is 1.79. The van der Waals surface area contributed by atoms with Crippen molar-refractivity contribution in [2.45, 2.75) is 20.3 Å². The highest BCUT2D eigenvalue weighted by Crippen LogP contribution is 2.25. The molecule has 8 nitrogen and oxygen atoms in total. The molecule has 2 unspecified atom stereocenters. The Morgan fingerprint density at radius 2 is 1.84 bits per heavy atom. The first-order valence-corrected chi connectivity index (χ1v) is 8.16. The van der Waals surface area contributed by atoms with Crippen LogP contribution in [0.5, 0.6) is 5.75 Å². The first kappa shape index (κ1) is 18.7. The van der Waals surface area contributed by atoms with Gasteiger partial charge in [0, 0.05) is 19.2 Å². The quantitative estimate of drug-likeness (QED) is 0.442. The molecule has 136 valence electrons. The Hall–Kier alpha value is -2.64. The van der Waals surface area contributed by atoms with Crippen LogP contribution in [0.1, 0.15) is 20.3 Å². The van der Waals surface area contributed by atoms with E-state index < -0.39 is 17.5 Å². The summed E-state index contributed by atoms with van der Waals surface area (Å²) in [6, 6.07) is 5.74. The number of nitrogens with zero attached hydrogens (tertiary/aromatic N) is 2. The number of amides is 1. The molecule has 1 saturated heterocycles. The summed E-state index contributed by atoms with van der Waals surface area (Å²) in [6.45, 7) is 4.65. The fraction of sp³-hybridized carbons (Fsp3) is 0.529. The minimum absolute atomic E-state index is 0.0190. The minimum atomic E-state index is -0.746. The second-order valence-electron chi connectivity index (χ2n) is 6.42. The number of carbonyl (C=O) groups is 2. The van der Waals surface area contributed by atoms with Crippen molar-refractivity contribution in [2.24, 2.45) is 11.8 Å². The lowest BCUT2D eigenvalue weighted by atomic mass is 9.92. The van der Waals surface area contributed by atoms with Gasteiger partial charge >= 0.3 is 11.7 Å². The highest BCUT2D eigenvalue weighted by molar-refractivity contribution is 5.81. The van der Waals surface area contributed by atoms with E-state index in [9.17, 15) is 19.7 Å². The van der Waals surface area contributed by atoms with E-state index in [1.807, 2.05) is 0 Å². The molecule has 0 bridgehead atoms. The summed E-state index contributed by atoms with van der Waals surface area (Å²) in [4.78, 5) is 35.8. The van der Waals surface area contributed by atoms with Crippen molar-refractivity contribution in [2.75, 3.05) is 26.3 Å². The number of hydrogen-bond donors (Lipinski definition) is 0. The van der Waals surface area contributed by atoms with Crippen LogP contribution in [0.3, 0.4) is 0 Å². The van der Waals surface area contributed by atoms with E-state index in [1.165, 1.54) is 18.2 Å². The topological polar surface area (TPSA) is 99.0 Å². The summed E-state index contributed by atoms with van der Waals surface area (Å²) in [7, 11) is 0. The molecule has 0 radical (unpaired) electrons. The van der Waals surface area contributed by atoms with E-state index in [4.69, 9.17) is 9.47 Å². The molecule has 8 heteroatoms. The maximum absolute atomic E-state index is 12.1. The zero-order valence-electron chi connectivity index (χ0n) is 14.3. The number of nitro benzene ring substituents is 1. The van der Waals surface area contributed by atoms with Crippen LogP contribution in [0.4, 0.5) is 5.69 Å². The van der Waals surface area contributed by atoms with Crippen molar-refractivity contribution in [3.8, 4) is 5.75 Å². The van der Waals surface area contributed by atoms with Crippen LogP contribution in [-0.2, 0) is 14.3 Å². The third kappa shape index (κ3) is 5.44. The zero-order valence-corrected chi connectivity index (χ0v) is 14.3. The summed E-state index contributed by atoms with van der Waals surface area (Å²) < 4.78 is 10.1. The monoisotopic (exact) mass is 350 g/mol. The number of piperidine rings is 1. The largest absolute Gasteiger partial charge is 0.475 e. The highest BCUT2D eigenvalue weighted by atomic mass is 16.6. The fourth-order valence-electron chi connectivity index (χ4n) is 3.01. The molecule has 0 aliphatic carbocycles. The lowest BCUT2D eigenvalue weighted by molar-refractivity contribution is -0.385. The normalized spacial score (nSPS) is 20.0. The van der Waals surface area contributed by atoms with Gasteiger partial charge in [-0.05, 0) is 24.3 Å². The van der Waals surface area contributed by atoms with Gasteiger partial charge in [-0.15, -0.1) is 0 Å². The number of carbonyl (C=O) groups excluding carboxylic acids is 2. The van der Waals surface area contributed by atoms with E-state index >= 15 is 0 Å². The number of benzene rings is 1. The van der Waals surface area contributed by atoms with Crippen molar-refractivity contribution < 1.29 is 24.0 Å². The first-order chi connectivity index (χ1) is 11.9. The molecule has 1 aromatic rings. The van der Waals surface area contributed by atoms with Gasteiger partial charge in [-0.2, -0.15) is 0 Å². The Bertz CT molecular complexity index is 638. The molecule has 1 fully saturated rings. The highest BCUT2D eigenvalue weighted by Gasteiger charge is 2.26. The predicted molar refractivity (Wildman–Crippen MR) is 89.1 cm³/mol. The van der Waals surface area contributed by atoms with Crippen molar-refractivity contribution in [3.63, 3.8) is 0 Å². The van der Waals surface area contributed by atoms with Gasteiger partial charge in [0.25, 0.3) is 5.91 Å². The Morgan fingerprint density at radius 3 is 2.48 bits per heavy atom. The Labute approximate surface area is 145 Å². The third-order valence-electron chi connectivity index (χ3n) is 3.99. The average molecular weight is 350 g/mol. The van der Waals surface area contributed by atoms with E-state index in [0.29, 0.717) is 24.9 Å². The Kier molecular flexibility index (Phi) is 6.32. The minimum Gasteiger partial charge on any atom is -0.475 e. The average Bonchev–Trinajstić information content (AvgIpc) is 2.57. The molecule has 2 rings (SSSR count). The van der Waals surface area contributed by atoms with Gasteiger partial charge in [0.1, 0.15) is 0 Å². The zero-order chi connectivity index (χ0) is 18.4. The van der Waals surface area contributed by atoms with E-state index in [0.717, 1.165) is 6.42 Å². The van der Waals surface area contributed by atoms with Gasteiger partial charge < -0.3 is 14.4 Å². The van der Waals surface area contributed by atoms with Crippen molar-refractivity contribution in [1.29, 1.82) is 0 Å². The second kappa shape index (κ2) is 8.46. The molecule has 0 aromatic heterocycles. The summed E-state index contributed by atoms with van der Waals surface area (Å²) in [6.07, 6.45) is 1.08. The molecule has 0 saturated carbocycles. The molecule has 1 aliphatic heterocycles. The lowest BCUT2D eigenvalue weighted by Crippen LogP contribution is -2.44. The van der Waals surface area contributed by atoms with Crippen molar-refractivity contribution >= 4 is 17.6 Å². The van der Waals surface area contributed by atoms with E-state index in [1.54, 1.807) is 11.0 Å². The predicted octanol–water partition coefficient (Wildman–Crippen LogP) is 2.02. The molecule has 1 amide bonds. The van der Waals surface area contributed by atoms with E-state index in [2.05, 4.69) is 13.8 Å². The van der Waals surface area contributed by atoms with Crippen LogP contribution in [0.15, 0.2) is 24.3 Å². The van der Waals surface area contributed by atoms with Crippen LogP contribution in [0.2, 0.25) is 0 Å². The number of nitro groups is 1. The summed E-state index contributed by atoms with van der Waals surface area (Å²) in [5.74, 6) is -0.160. The smallest absolute Gasteiger partial charge is 0.344 e. The van der Waals surface area contributed by atoms with Crippen LogP contribution in [0.25, 0.3) is 0 Å². The molecule has 25 heavy (non-hydrogen) atoms. The summed E-state index contributed by atoms with van der Waals surface area (Å²) >= 11 is 0. The van der Waals surface area contributed by atoms with Crippen LogP contribution >= 0.6 is 0 Å². The van der Waals surface area contributed by atoms with Gasteiger partial charge in [0.2, 0.25) is 0 Å². The number of para-hydroxylation sites is 2. The SMILES string of the molecule is CC1CC(C)CN(C(=O)COC(=O)COc2ccccc2[N+](=O)[O-])C1. The molecular formula is C17H22N2O6. The lowest BCUT2D eigenvalue weighted by Gasteiger charge is -2.34. The molecule has 0 N–H and O–H groups in total. The molecule has 1 heterocycles. The second-order valence-corrected chi connectivity index (χ2v) is 6.42. The fourth-order valence-corrected chi connectivity index (χ4v) is 3.01. The van der Waals surface area contributed by atoms with Gasteiger partial charge in [-0.1, -0.05) is 26.0 Å². The molecule has 0 spiro atoms. The van der Waals surface area contributed by atoms with Crippen LogP contribution in [-0.4, -0.2) is 48.0 Å². The number of esters is 1. The molecule has 1 aliphatic rings. The number of hydrogen-bond acceptors (Lipinski definition) is 6. The summed E-state index contributed by atoms with van der Waals surface area (Å²) in [5, 5.41) is 10.9. The third-order valence-corrected chi connectivity index (χ3v) is 3.99. The maximum atomic E-state index is 12.1. The molecule has 2 atom stereocenters. The van der Waals surface area contributed by atoms with Crippen LogP contribution < -0.4 is 4.74 Å². The van der Waals surface area contributed by atoms with Crippen LogP contribution in [0, 0.1) is 22.0 Å². The van der Waals surface area contributed by atoms with Gasteiger partial charge in [0.05, 0.1) is 4.92 Å². The first-order valence-electron chi connectivity index (χ1n) is 8.16. The van der Waals surface area contributed by atoms with Gasteiger partial charge in [-0.25, -0.2) is 4.79 Å². The number of ether oxygens (including phenoxy) is 2. The maximum Gasteiger partial charge on any atom is 0.344 e. The van der Waals surface area contributed by atoms with E-state index in [-0.39, 0.29) is 24.0 Å². The standard InChI is InChI=1S/C17H22N2O6/c1-12-7-13(2)9-18(8-12)16(20)10-25-17(21)11-24-15-6-4-3-5-14(15)19(22)23/h3-6,12-13H,7-11H2,1-2H3. The van der Waals surface area contributed by atoms with Gasteiger partial charge in [0.15, 0.2) is 19.0 Å². The molecule has 1 aromatic carbocycles. The number of likely N-dealkylation sites (tertiary alicyclic amines) is 1.